The number of piperidine rings is 2. The highest BCUT2D eigenvalue weighted by molar-refractivity contribution is 6.01. The Hall–Kier alpha value is -3.70. The Labute approximate surface area is 265 Å². The molecule has 4 aromatic rings. The Kier molecular flexibility index (Phi) is 6.71. The molecule has 0 unspecified atom stereocenters. The summed E-state index contributed by atoms with van der Waals surface area (Å²) in [5.74, 6) is -0.776. The Morgan fingerprint density at radius 3 is 2.74 bits per heavy atom. The third kappa shape index (κ3) is 4.52. The molecule has 2 N–H and O–H groups in total. The number of halogens is 3. The molecule has 46 heavy (non-hydrogen) atoms. The average molecular weight is 634 g/mol. The van der Waals surface area contributed by atoms with Crippen LogP contribution in [0.2, 0.25) is 0 Å². The number of aromatic hydroxyl groups is 1. The molecule has 1 saturated carbocycles. The maximum atomic E-state index is 16.9. The third-order valence-electron chi connectivity index (χ3n) is 11.0. The molecule has 2 aromatic heterocycles. The highest BCUT2D eigenvalue weighted by Crippen LogP contribution is 2.59. The number of alkyl halides is 1. The first-order chi connectivity index (χ1) is 22.0. The minimum atomic E-state index is -0.923. The molecule has 2 atom stereocenters. The number of aliphatic hydroxyl groups excluding tert-OH is 1. The molecule has 0 radical (unpaired) electrons. The van der Waals surface area contributed by atoms with Crippen LogP contribution < -0.4 is 9.64 Å². The van der Waals surface area contributed by atoms with Crippen LogP contribution in [-0.4, -0.2) is 81.2 Å². The number of phenolic OH excluding ortho intramolecular Hbond substituents is 1. The van der Waals surface area contributed by atoms with E-state index in [4.69, 9.17) is 9.72 Å². The maximum Gasteiger partial charge on any atom is 0.319 e. The van der Waals surface area contributed by atoms with Crippen LogP contribution in [0.5, 0.6) is 11.8 Å². The van der Waals surface area contributed by atoms with Gasteiger partial charge in [-0.25, -0.2) is 13.2 Å². The van der Waals surface area contributed by atoms with Crippen molar-refractivity contribution in [3.05, 3.63) is 47.7 Å². The van der Waals surface area contributed by atoms with Crippen LogP contribution in [0, 0.1) is 22.5 Å². The summed E-state index contributed by atoms with van der Waals surface area (Å²) in [5.41, 5.74) is -0.131. The molecule has 5 fully saturated rings. The minimum Gasteiger partial charge on any atom is -0.508 e. The van der Waals surface area contributed by atoms with Crippen LogP contribution in [0.4, 0.5) is 19.0 Å². The van der Waals surface area contributed by atoms with E-state index in [0.717, 1.165) is 32.2 Å². The van der Waals surface area contributed by atoms with Crippen molar-refractivity contribution in [2.75, 3.05) is 44.3 Å². The molecule has 2 aromatic carbocycles. The largest absolute Gasteiger partial charge is 0.508 e. The van der Waals surface area contributed by atoms with Crippen LogP contribution >= 0.6 is 0 Å². The van der Waals surface area contributed by atoms with Crippen LogP contribution in [0.1, 0.15) is 51.5 Å². The third-order valence-corrected chi connectivity index (χ3v) is 11.0. The van der Waals surface area contributed by atoms with Gasteiger partial charge in [-0.15, -0.1) is 0 Å². The molecular weight excluding hydrogens is 595 g/mol. The van der Waals surface area contributed by atoms with E-state index >= 15 is 4.39 Å². The summed E-state index contributed by atoms with van der Waals surface area (Å²) in [6, 6.07) is 5.84. The molecule has 4 aliphatic heterocycles. The van der Waals surface area contributed by atoms with E-state index in [1.165, 1.54) is 24.4 Å². The smallest absolute Gasteiger partial charge is 0.319 e. The van der Waals surface area contributed by atoms with Crippen molar-refractivity contribution in [3.63, 3.8) is 0 Å². The quantitative estimate of drug-likeness (QED) is 0.258. The zero-order chi connectivity index (χ0) is 32.0. The lowest BCUT2D eigenvalue weighted by Gasteiger charge is -2.62. The first-order valence-electron chi connectivity index (χ1n) is 16.2. The van der Waals surface area contributed by atoms with Crippen LogP contribution in [0.25, 0.3) is 32.9 Å². The molecular formula is C35H38F3N5O3. The van der Waals surface area contributed by atoms with Crippen molar-refractivity contribution in [1.29, 1.82) is 0 Å². The fourth-order valence-electron chi connectivity index (χ4n) is 9.41. The van der Waals surface area contributed by atoms with Crippen LogP contribution in [-0.2, 0) is 6.42 Å². The Morgan fingerprint density at radius 2 is 1.96 bits per heavy atom. The highest BCUT2D eigenvalue weighted by atomic mass is 19.1. The number of nitrogens with zero attached hydrogens (tertiary/aromatic N) is 5. The summed E-state index contributed by atoms with van der Waals surface area (Å²) in [7, 11) is 0. The lowest BCUT2D eigenvalue weighted by molar-refractivity contribution is -0.0815. The fraction of sp³-hybridized carbons (Fsp3) is 0.514. The van der Waals surface area contributed by atoms with E-state index in [1.807, 2.05) is 6.92 Å². The summed E-state index contributed by atoms with van der Waals surface area (Å²) in [4.78, 5) is 18.2. The van der Waals surface area contributed by atoms with Gasteiger partial charge in [0.05, 0.1) is 17.5 Å². The van der Waals surface area contributed by atoms with Crippen LogP contribution in [0.15, 0.2) is 30.5 Å². The molecule has 1 aliphatic carbocycles. The molecule has 11 heteroatoms. The molecule has 0 spiro atoms. The first-order valence-corrected chi connectivity index (χ1v) is 16.2. The number of phenols is 1. The van der Waals surface area contributed by atoms with Gasteiger partial charge in [-0.2, -0.15) is 9.97 Å². The van der Waals surface area contributed by atoms with Gasteiger partial charge in [-0.05, 0) is 78.6 Å². The van der Waals surface area contributed by atoms with Gasteiger partial charge in [-0.3, -0.25) is 9.88 Å². The van der Waals surface area contributed by atoms with E-state index in [1.54, 1.807) is 6.07 Å². The van der Waals surface area contributed by atoms with Gasteiger partial charge in [0.25, 0.3) is 0 Å². The van der Waals surface area contributed by atoms with Gasteiger partial charge in [0, 0.05) is 43.2 Å². The van der Waals surface area contributed by atoms with E-state index in [0.29, 0.717) is 60.0 Å². The predicted octanol–water partition coefficient (Wildman–Crippen LogP) is 5.95. The zero-order valence-corrected chi connectivity index (χ0v) is 26.1. The first kappa shape index (κ1) is 29.7. The molecule has 2 bridgehead atoms. The van der Waals surface area contributed by atoms with Gasteiger partial charge in [0.15, 0.2) is 5.82 Å². The topological polar surface area (TPSA) is 94.8 Å². The van der Waals surface area contributed by atoms with E-state index < -0.39 is 23.3 Å². The van der Waals surface area contributed by atoms with E-state index in [2.05, 4.69) is 26.7 Å². The second-order valence-corrected chi connectivity index (χ2v) is 14.5. The summed E-state index contributed by atoms with van der Waals surface area (Å²) >= 11 is 0. The SMILES string of the molecule is CCc1c(F)ccc2cc(O)cc(-c3ncc4c(N5CC6(C)CC(CO)(C5)C6)nc(OC[C@@]56CCCN5C[C@H](F)C6)nc4c3F)c12. The average Bonchev–Trinajstić information content (AvgIpc) is 3.54. The summed E-state index contributed by atoms with van der Waals surface area (Å²) in [6.45, 7) is 6.65. The monoisotopic (exact) mass is 633 g/mol. The summed E-state index contributed by atoms with van der Waals surface area (Å²) in [6.07, 6.45) is 4.91. The number of fused-ring (bicyclic) bond motifs is 5. The molecule has 6 heterocycles. The lowest BCUT2D eigenvalue weighted by Crippen LogP contribution is -2.63. The Bertz CT molecular complexity index is 1880. The van der Waals surface area contributed by atoms with Gasteiger partial charge < -0.3 is 19.8 Å². The fourth-order valence-corrected chi connectivity index (χ4v) is 9.41. The van der Waals surface area contributed by atoms with Crippen LogP contribution in [0.3, 0.4) is 0 Å². The second-order valence-electron chi connectivity index (χ2n) is 14.5. The molecule has 9 rings (SSSR count). The number of aromatic nitrogens is 3. The van der Waals surface area contributed by atoms with Gasteiger partial charge in [0.1, 0.15) is 41.4 Å². The van der Waals surface area contributed by atoms with E-state index in [9.17, 15) is 19.0 Å². The molecule has 242 valence electrons. The molecule has 5 aliphatic rings. The summed E-state index contributed by atoms with van der Waals surface area (Å²) < 4.78 is 52.6. The van der Waals surface area contributed by atoms with Crippen molar-refractivity contribution in [3.8, 4) is 23.0 Å². The Balaban J connectivity index is 1.28. The van der Waals surface area contributed by atoms with Crippen molar-refractivity contribution in [1.82, 2.24) is 19.9 Å². The van der Waals surface area contributed by atoms with Gasteiger partial charge in [0.2, 0.25) is 0 Å². The highest BCUT2D eigenvalue weighted by Gasteiger charge is 2.57. The number of hydrogen-bond donors (Lipinski definition) is 2. The zero-order valence-electron chi connectivity index (χ0n) is 26.1. The molecule has 4 saturated heterocycles. The van der Waals surface area contributed by atoms with Crippen molar-refractivity contribution in [2.24, 2.45) is 10.8 Å². The number of rotatable bonds is 7. The normalized spacial score (nSPS) is 29.0. The minimum absolute atomic E-state index is 0.00559. The number of aryl methyl sites for hydroxylation is 1. The second kappa shape index (κ2) is 10.4. The number of benzene rings is 2. The molecule has 8 nitrogen and oxygen atoms in total. The number of pyridine rings is 1. The van der Waals surface area contributed by atoms with Gasteiger partial charge in [-0.1, -0.05) is 19.9 Å². The number of aliphatic hydroxyl groups is 1. The number of anilines is 1. The van der Waals surface area contributed by atoms with Crippen molar-refractivity contribution in [2.45, 2.75) is 64.1 Å². The van der Waals surface area contributed by atoms with Crippen molar-refractivity contribution < 1.29 is 28.1 Å². The number of ether oxygens (including phenoxy) is 1. The summed E-state index contributed by atoms with van der Waals surface area (Å²) in [5, 5.41) is 22.3. The van der Waals surface area contributed by atoms with Gasteiger partial charge >= 0.3 is 6.01 Å². The number of hydrogen-bond acceptors (Lipinski definition) is 8. The standard InChI is InChI=1S/C35H38F3N5O3/c1-3-23-26(37)6-5-20-9-22(45)10-24(27(20)23)29-28(38)30-25(12-39-29)31(42-16-33(2)14-34(15-33,17-42)18-44)41-32(40-30)46-19-35-7-4-8-43(35)13-21(36)11-35/h5-6,9-10,12,21,44-45H,3-4,7-8,11,13-19H2,1-2H3/t21-,33?,34?,35+/m1/s1. The predicted molar refractivity (Wildman–Crippen MR) is 169 cm³/mol. The van der Waals surface area contributed by atoms with Crippen molar-refractivity contribution >= 4 is 27.5 Å². The lowest BCUT2D eigenvalue weighted by atomic mass is 9.51. The Morgan fingerprint density at radius 1 is 1.13 bits per heavy atom. The maximum absolute atomic E-state index is 16.9. The molecule has 0 amide bonds. The van der Waals surface area contributed by atoms with E-state index in [-0.39, 0.29) is 52.6 Å².